The van der Waals surface area contributed by atoms with Gasteiger partial charge in [-0.1, -0.05) is 6.42 Å². The van der Waals surface area contributed by atoms with Crippen molar-refractivity contribution in [1.82, 2.24) is 40.8 Å². The number of nitrogen functional groups attached to an aromatic ring is 1. The number of hydrogen-bond acceptors (Lipinski definition) is 22. The Morgan fingerprint density at radius 3 is 1.72 bits per heavy atom. The third-order valence-electron chi connectivity index (χ3n) is 11.1. The molecule has 0 spiro atoms. The second-order valence-electron chi connectivity index (χ2n) is 16.3. The van der Waals surface area contributed by atoms with E-state index < -0.39 is 24.5 Å². The van der Waals surface area contributed by atoms with Gasteiger partial charge in [0.15, 0.2) is 17.7 Å². The van der Waals surface area contributed by atoms with Crippen LogP contribution < -0.4 is 27.0 Å². The van der Waals surface area contributed by atoms with E-state index in [-0.39, 0.29) is 62.1 Å². The zero-order valence-corrected chi connectivity index (χ0v) is 41.3. The summed E-state index contributed by atoms with van der Waals surface area (Å²) in [5.41, 5.74) is 6.52. The van der Waals surface area contributed by atoms with Crippen molar-refractivity contribution in [3.05, 3.63) is 12.7 Å². The van der Waals surface area contributed by atoms with Gasteiger partial charge in [0.05, 0.1) is 157 Å². The van der Waals surface area contributed by atoms with Crippen molar-refractivity contribution in [2.45, 2.75) is 67.6 Å². The van der Waals surface area contributed by atoms with Gasteiger partial charge in [-0.3, -0.25) is 14.2 Å². The zero-order valence-electron chi connectivity index (χ0n) is 40.5. The number of aromatic nitrogens is 4. The van der Waals surface area contributed by atoms with Gasteiger partial charge in [0.1, 0.15) is 36.8 Å². The number of fused-ring (bicyclic) bond motifs is 2. The molecule has 2 aromatic heterocycles. The number of urea groups is 1. The first-order valence-electron chi connectivity index (χ1n) is 24.3. The molecule has 71 heavy (non-hydrogen) atoms. The predicted octanol–water partition coefficient (Wildman–Crippen LogP) is -1.83. The predicted molar refractivity (Wildman–Crippen MR) is 255 cm³/mol. The summed E-state index contributed by atoms with van der Waals surface area (Å²) in [5.74, 6) is 0.792. The minimum absolute atomic E-state index is 0.0319. The molecule has 0 aromatic carbocycles. The number of anilines is 1. The molecule has 4 amide bonds. The van der Waals surface area contributed by atoms with E-state index in [0.29, 0.717) is 155 Å². The van der Waals surface area contributed by atoms with Gasteiger partial charge in [-0.05, 0) is 12.8 Å². The normalized spacial score (nSPS) is 21.7. The molecule has 3 aliphatic heterocycles. The molecular formula is C44H75N9O17S. The summed E-state index contributed by atoms with van der Waals surface area (Å²) in [6.07, 6.45) is 1.55. The Kier molecular flexibility index (Phi) is 29.1. The van der Waals surface area contributed by atoms with E-state index in [4.69, 9.17) is 62.6 Å². The lowest BCUT2D eigenvalue weighted by molar-refractivity contribution is -0.128. The maximum absolute atomic E-state index is 12.1. The molecule has 5 heterocycles. The summed E-state index contributed by atoms with van der Waals surface area (Å²) in [4.78, 5) is 47.9. The zero-order chi connectivity index (χ0) is 50.1. The van der Waals surface area contributed by atoms with Crippen LogP contribution in [-0.4, -0.2) is 247 Å². The van der Waals surface area contributed by atoms with E-state index in [2.05, 4.69) is 36.2 Å². The van der Waals surface area contributed by atoms with Crippen LogP contribution in [-0.2, 0) is 66.4 Å². The number of unbranched alkanes of at least 4 members (excludes halogenated alkanes) is 1. The molecule has 3 fully saturated rings. The lowest BCUT2D eigenvalue weighted by Crippen LogP contribution is -2.36. The third kappa shape index (κ3) is 22.6. The molecule has 5 rings (SSSR count). The number of aliphatic hydroxyl groups is 2. The van der Waals surface area contributed by atoms with Crippen LogP contribution in [0.25, 0.3) is 11.2 Å². The number of imidazole rings is 1. The standard InChI is InChI=1S/C44H75N9O17S/c45-41-38-42(49-30-48-41)53(31-50-38)43-40(57)39(56)33(70-43)27-69-28-36(55)47-6-8-60-10-12-62-14-16-64-18-20-66-22-24-68-26-25-67-23-21-65-19-17-63-15-13-61-11-9-59-7-5-46-35(54)4-2-1-3-34-37-32(29-71-34)51-44(58)52-37/h30-34,37,39-40,43,56-57H,1-29H2,(H,46,54)(H,47,55)(H2,45,48,49)(H2,51,52,58)/t32-,33+,34-,37-,39+,40+,43?/m0/s1. The monoisotopic (exact) mass is 1030 g/mol. The fraction of sp³-hybridized carbons (Fsp3) is 0.818. The van der Waals surface area contributed by atoms with E-state index in [0.717, 1.165) is 25.0 Å². The number of amides is 4. The van der Waals surface area contributed by atoms with Crippen LogP contribution in [0, 0.1) is 0 Å². The lowest BCUT2D eigenvalue weighted by atomic mass is 10.0. The molecule has 2 aromatic rings. The van der Waals surface area contributed by atoms with Crippen LogP contribution in [0.1, 0.15) is 31.9 Å². The first-order chi connectivity index (χ1) is 34.8. The lowest BCUT2D eigenvalue weighted by Gasteiger charge is -2.16. The van der Waals surface area contributed by atoms with Gasteiger partial charge in [0, 0.05) is 30.5 Å². The van der Waals surface area contributed by atoms with Crippen LogP contribution in [0.5, 0.6) is 0 Å². The van der Waals surface area contributed by atoms with Crippen LogP contribution >= 0.6 is 11.8 Å². The molecule has 7 atom stereocenters. The van der Waals surface area contributed by atoms with Gasteiger partial charge in [0.25, 0.3) is 0 Å². The Morgan fingerprint density at radius 1 is 0.676 bits per heavy atom. The Bertz CT molecular complexity index is 1780. The molecule has 0 radical (unpaired) electrons. The number of carbonyl (C=O) groups is 3. The number of aliphatic hydroxyl groups excluding tert-OH is 2. The number of hydrogen-bond donors (Lipinski definition) is 7. The first kappa shape index (κ1) is 58.2. The highest BCUT2D eigenvalue weighted by atomic mass is 32.2. The second-order valence-corrected chi connectivity index (χ2v) is 17.6. The number of nitrogens with two attached hydrogens (primary N) is 1. The molecule has 3 aliphatic rings. The molecule has 27 heteroatoms. The smallest absolute Gasteiger partial charge is 0.315 e. The fourth-order valence-corrected chi connectivity index (χ4v) is 8.98. The fourth-order valence-electron chi connectivity index (χ4n) is 7.44. The first-order valence-corrected chi connectivity index (χ1v) is 25.4. The largest absolute Gasteiger partial charge is 0.387 e. The van der Waals surface area contributed by atoms with E-state index >= 15 is 0 Å². The summed E-state index contributed by atoms with van der Waals surface area (Å²) in [7, 11) is 0. The number of nitrogens with one attached hydrogen (secondary N) is 4. The third-order valence-corrected chi connectivity index (χ3v) is 12.6. The maximum atomic E-state index is 12.1. The number of thioether (sulfide) groups is 1. The highest BCUT2D eigenvalue weighted by molar-refractivity contribution is 8.00. The molecule has 0 bridgehead atoms. The Morgan fingerprint density at radius 2 is 1.18 bits per heavy atom. The van der Waals surface area contributed by atoms with Crippen molar-refractivity contribution < 1.29 is 81.4 Å². The van der Waals surface area contributed by atoms with Crippen molar-refractivity contribution in [3.8, 4) is 0 Å². The van der Waals surface area contributed by atoms with E-state index in [1.165, 1.54) is 17.2 Å². The number of ether oxygens (including phenoxy) is 12. The number of rotatable bonds is 43. The van der Waals surface area contributed by atoms with Crippen molar-refractivity contribution in [3.63, 3.8) is 0 Å². The molecule has 1 unspecified atom stereocenters. The van der Waals surface area contributed by atoms with Crippen LogP contribution in [0.2, 0.25) is 0 Å². The Balaban J connectivity index is 0.657. The van der Waals surface area contributed by atoms with Gasteiger partial charge in [-0.15, -0.1) is 0 Å². The summed E-state index contributed by atoms with van der Waals surface area (Å²) in [6.45, 7) is 8.97. The summed E-state index contributed by atoms with van der Waals surface area (Å²) in [6, 6.07) is 0.377. The Hall–Kier alpha value is -3.65. The topological polar surface area (TPSA) is 320 Å². The molecule has 8 N–H and O–H groups in total. The average molecular weight is 1030 g/mol. The minimum atomic E-state index is -1.28. The SMILES string of the molecule is Nc1ncnc2c1ncn2C1O[C@H](COCC(=O)NCCOCCOCCOCCOCCOCCOCCOCCOCCOCCOCCNC(=O)CCCC[C@@H]2SC[C@@H]3NC(=O)N[C@@H]32)[C@@H](O)[C@H]1O. The maximum Gasteiger partial charge on any atom is 0.315 e. The second kappa shape index (κ2) is 35.5. The molecule has 404 valence electrons. The summed E-state index contributed by atoms with van der Waals surface area (Å²) < 4.78 is 67.7. The highest BCUT2D eigenvalue weighted by Crippen LogP contribution is 2.34. The molecular weight excluding hydrogens is 959 g/mol. The van der Waals surface area contributed by atoms with E-state index in [1.54, 1.807) is 0 Å². The average Bonchev–Trinajstić information content (AvgIpc) is 4.13. The molecule has 0 aliphatic carbocycles. The number of nitrogens with zero attached hydrogens (tertiary/aromatic N) is 4. The molecule has 0 saturated carbocycles. The van der Waals surface area contributed by atoms with Gasteiger partial charge in [0.2, 0.25) is 11.8 Å². The van der Waals surface area contributed by atoms with Crippen LogP contribution in [0.3, 0.4) is 0 Å². The summed E-state index contributed by atoms with van der Waals surface area (Å²) >= 11 is 1.89. The summed E-state index contributed by atoms with van der Waals surface area (Å²) in [5, 5.41) is 33.0. The van der Waals surface area contributed by atoms with Crippen molar-refractivity contribution in [2.75, 3.05) is 170 Å². The Labute approximate surface area is 418 Å². The van der Waals surface area contributed by atoms with Crippen molar-refractivity contribution in [1.29, 1.82) is 0 Å². The minimum Gasteiger partial charge on any atom is -0.387 e. The van der Waals surface area contributed by atoms with Crippen LogP contribution in [0.15, 0.2) is 12.7 Å². The van der Waals surface area contributed by atoms with Gasteiger partial charge in [-0.2, -0.15) is 11.8 Å². The number of carbonyl (C=O) groups excluding carboxylic acids is 3. The van der Waals surface area contributed by atoms with Gasteiger partial charge < -0.3 is 94.1 Å². The van der Waals surface area contributed by atoms with E-state index in [9.17, 15) is 24.6 Å². The molecule has 3 saturated heterocycles. The van der Waals surface area contributed by atoms with Gasteiger partial charge >= 0.3 is 6.03 Å². The quantitative estimate of drug-likeness (QED) is 0.0284. The van der Waals surface area contributed by atoms with Gasteiger partial charge in [-0.25, -0.2) is 19.7 Å². The van der Waals surface area contributed by atoms with Crippen molar-refractivity contribution in [2.24, 2.45) is 0 Å². The van der Waals surface area contributed by atoms with Crippen LogP contribution in [0.4, 0.5) is 10.6 Å². The van der Waals surface area contributed by atoms with Crippen molar-refractivity contribution >= 4 is 46.6 Å². The van der Waals surface area contributed by atoms with E-state index in [1.807, 2.05) is 11.8 Å². The molecule has 26 nitrogen and oxygen atoms in total. The highest BCUT2D eigenvalue weighted by Gasteiger charge is 2.45.